The molecule has 0 unspecified atom stereocenters. The van der Waals surface area contributed by atoms with Crippen molar-refractivity contribution in [2.75, 3.05) is 5.73 Å². The number of aromatic carboxylic acids is 1. The van der Waals surface area contributed by atoms with Gasteiger partial charge in [0, 0.05) is 4.47 Å². The molecule has 3 N–H and O–H groups in total. The van der Waals surface area contributed by atoms with E-state index >= 15 is 0 Å². The molecular formula is C7H5BrFNO2. The maximum Gasteiger partial charge on any atom is 0.339 e. The van der Waals surface area contributed by atoms with E-state index in [2.05, 4.69) is 15.9 Å². The zero-order valence-electron chi connectivity index (χ0n) is 5.84. The maximum atomic E-state index is 12.7. The highest BCUT2D eigenvalue weighted by Crippen LogP contribution is 2.24. The minimum atomic E-state index is -1.25. The number of benzene rings is 1. The van der Waals surface area contributed by atoms with E-state index in [1.807, 2.05) is 0 Å². The lowest BCUT2D eigenvalue weighted by atomic mass is 10.2. The summed E-state index contributed by atoms with van der Waals surface area (Å²) in [5.41, 5.74) is 4.61. The molecule has 0 saturated carbocycles. The third-order valence-corrected chi connectivity index (χ3v) is 2.02. The molecule has 0 atom stereocenters. The Labute approximate surface area is 76.1 Å². The molecule has 0 heterocycles. The van der Waals surface area contributed by atoms with Crippen LogP contribution in [0.2, 0.25) is 0 Å². The molecule has 5 heteroatoms. The summed E-state index contributed by atoms with van der Waals surface area (Å²) >= 11 is 2.95. The van der Waals surface area contributed by atoms with Gasteiger partial charge in [-0.15, -0.1) is 0 Å². The minimum absolute atomic E-state index is 0.241. The van der Waals surface area contributed by atoms with Gasteiger partial charge < -0.3 is 10.8 Å². The molecule has 0 radical (unpaired) electrons. The Morgan fingerprint density at radius 3 is 2.58 bits per heavy atom. The average Bonchev–Trinajstić information content (AvgIpc) is 1.97. The smallest absolute Gasteiger partial charge is 0.339 e. The van der Waals surface area contributed by atoms with E-state index in [0.29, 0.717) is 0 Å². The van der Waals surface area contributed by atoms with Gasteiger partial charge in [0.25, 0.3) is 0 Å². The second kappa shape index (κ2) is 3.10. The molecule has 0 fully saturated rings. The highest BCUT2D eigenvalue weighted by molar-refractivity contribution is 9.10. The van der Waals surface area contributed by atoms with Crippen molar-refractivity contribution in [2.24, 2.45) is 0 Å². The molecule has 0 bridgehead atoms. The second-order valence-electron chi connectivity index (χ2n) is 2.12. The lowest BCUT2D eigenvalue weighted by Crippen LogP contribution is -2.05. The molecule has 1 aromatic carbocycles. The van der Waals surface area contributed by atoms with E-state index in [0.717, 1.165) is 6.07 Å². The highest BCUT2D eigenvalue weighted by atomic mass is 79.9. The van der Waals surface area contributed by atoms with Crippen molar-refractivity contribution in [3.8, 4) is 0 Å². The molecular weight excluding hydrogens is 229 g/mol. The van der Waals surface area contributed by atoms with E-state index in [-0.39, 0.29) is 15.7 Å². The molecule has 0 amide bonds. The van der Waals surface area contributed by atoms with Crippen molar-refractivity contribution in [2.45, 2.75) is 0 Å². The monoisotopic (exact) mass is 233 g/mol. The molecule has 0 aromatic heterocycles. The Morgan fingerprint density at radius 1 is 1.58 bits per heavy atom. The number of carboxylic acid groups (broad SMARTS) is 1. The summed E-state index contributed by atoms with van der Waals surface area (Å²) in [6, 6.07) is 2.40. The van der Waals surface area contributed by atoms with E-state index in [1.165, 1.54) is 6.07 Å². The summed E-state index contributed by atoms with van der Waals surface area (Å²) in [6.45, 7) is 0. The van der Waals surface area contributed by atoms with Crippen molar-refractivity contribution in [1.82, 2.24) is 0 Å². The van der Waals surface area contributed by atoms with Crippen molar-refractivity contribution in [3.05, 3.63) is 28.0 Å². The number of nitrogen functional groups attached to an aromatic ring is 1. The second-order valence-corrected chi connectivity index (χ2v) is 2.98. The number of nitrogens with two attached hydrogens (primary N) is 1. The Morgan fingerprint density at radius 2 is 2.17 bits per heavy atom. The van der Waals surface area contributed by atoms with Crippen LogP contribution in [0.5, 0.6) is 0 Å². The third-order valence-electron chi connectivity index (χ3n) is 1.36. The van der Waals surface area contributed by atoms with E-state index < -0.39 is 11.8 Å². The minimum Gasteiger partial charge on any atom is -0.478 e. The molecule has 0 spiro atoms. The van der Waals surface area contributed by atoms with Gasteiger partial charge in [-0.3, -0.25) is 0 Å². The number of halogens is 2. The van der Waals surface area contributed by atoms with E-state index in [1.54, 1.807) is 0 Å². The number of hydrogen-bond acceptors (Lipinski definition) is 2. The van der Waals surface area contributed by atoms with Crippen LogP contribution < -0.4 is 5.73 Å². The lowest BCUT2D eigenvalue weighted by molar-refractivity contribution is 0.0696. The van der Waals surface area contributed by atoms with Gasteiger partial charge in [-0.1, -0.05) is 0 Å². The molecule has 12 heavy (non-hydrogen) atoms. The molecule has 0 aliphatic rings. The third kappa shape index (κ3) is 1.40. The zero-order chi connectivity index (χ0) is 9.30. The molecule has 64 valence electrons. The fraction of sp³-hybridized carbons (Fsp3) is 0. The summed E-state index contributed by atoms with van der Waals surface area (Å²) in [6.07, 6.45) is 0. The number of hydrogen-bond donors (Lipinski definition) is 2. The van der Waals surface area contributed by atoms with Crippen molar-refractivity contribution in [3.63, 3.8) is 0 Å². The summed E-state index contributed by atoms with van der Waals surface area (Å²) in [5, 5.41) is 8.59. The normalized spacial score (nSPS) is 9.83. The molecule has 1 aromatic rings. The van der Waals surface area contributed by atoms with Crippen molar-refractivity contribution < 1.29 is 14.3 Å². The van der Waals surface area contributed by atoms with E-state index in [9.17, 15) is 9.18 Å². The largest absolute Gasteiger partial charge is 0.478 e. The first-order chi connectivity index (χ1) is 5.54. The fourth-order valence-electron chi connectivity index (χ4n) is 0.785. The number of carbonyl (C=O) groups is 1. The van der Waals surface area contributed by atoms with Crippen LogP contribution in [0.4, 0.5) is 10.1 Å². The fourth-order valence-corrected chi connectivity index (χ4v) is 1.30. The molecule has 0 saturated heterocycles. The highest BCUT2D eigenvalue weighted by Gasteiger charge is 2.15. The number of carboxylic acids is 1. The molecule has 0 aliphatic carbocycles. The summed E-state index contributed by atoms with van der Waals surface area (Å²) in [7, 11) is 0. The Kier molecular flexibility index (Phi) is 2.32. The van der Waals surface area contributed by atoms with Crippen molar-refractivity contribution >= 4 is 27.6 Å². The van der Waals surface area contributed by atoms with Gasteiger partial charge in [0.15, 0.2) is 0 Å². The molecule has 1 rings (SSSR count). The maximum absolute atomic E-state index is 12.7. The van der Waals surface area contributed by atoms with Gasteiger partial charge in [-0.25, -0.2) is 9.18 Å². The Bertz CT molecular complexity index is 340. The Hall–Kier alpha value is -1.10. The zero-order valence-corrected chi connectivity index (χ0v) is 7.43. The topological polar surface area (TPSA) is 63.3 Å². The van der Waals surface area contributed by atoms with Gasteiger partial charge >= 0.3 is 5.97 Å². The van der Waals surface area contributed by atoms with Crippen molar-refractivity contribution in [1.29, 1.82) is 0 Å². The molecule has 0 aliphatic heterocycles. The molecule has 3 nitrogen and oxygen atoms in total. The van der Waals surface area contributed by atoms with E-state index in [4.69, 9.17) is 10.8 Å². The van der Waals surface area contributed by atoms with Crippen LogP contribution in [0.15, 0.2) is 16.6 Å². The van der Waals surface area contributed by atoms with Gasteiger partial charge in [-0.05, 0) is 28.1 Å². The lowest BCUT2D eigenvalue weighted by Gasteiger charge is -2.03. The number of anilines is 1. The summed E-state index contributed by atoms with van der Waals surface area (Å²) < 4.78 is 13.0. The SMILES string of the molecule is Nc1c(F)ccc(Br)c1C(=O)O. The van der Waals surface area contributed by atoms with Crippen LogP contribution in [0.3, 0.4) is 0 Å². The summed E-state index contributed by atoms with van der Waals surface area (Å²) in [4.78, 5) is 10.5. The van der Waals surface area contributed by atoms with Gasteiger partial charge in [0.05, 0.1) is 11.3 Å². The van der Waals surface area contributed by atoms with Crippen LogP contribution in [0.25, 0.3) is 0 Å². The quantitative estimate of drug-likeness (QED) is 0.729. The summed E-state index contributed by atoms with van der Waals surface area (Å²) in [5.74, 6) is -1.98. The first kappa shape index (κ1) is 8.99. The van der Waals surface area contributed by atoms with Gasteiger partial charge in [-0.2, -0.15) is 0 Å². The number of rotatable bonds is 1. The average molecular weight is 234 g/mol. The van der Waals surface area contributed by atoms with Crippen LogP contribution in [0.1, 0.15) is 10.4 Å². The first-order valence-corrected chi connectivity index (χ1v) is 3.80. The first-order valence-electron chi connectivity index (χ1n) is 3.01. The standard InChI is InChI=1S/C7H5BrFNO2/c8-3-1-2-4(9)6(10)5(3)7(11)12/h1-2H,10H2,(H,11,12). The van der Waals surface area contributed by atoms with Gasteiger partial charge in [0.2, 0.25) is 0 Å². The Balaban J connectivity index is 3.43. The van der Waals surface area contributed by atoms with Crippen LogP contribution in [-0.4, -0.2) is 11.1 Å². The van der Waals surface area contributed by atoms with Crippen LogP contribution in [0, 0.1) is 5.82 Å². The van der Waals surface area contributed by atoms with Crippen LogP contribution in [-0.2, 0) is 0 Å². The van der Waals surface area contributed by atoms with Gasteiger partial charge in [0.1, 0.15) is 5.82 Å². The predicted molar refractivity (Wildman–Crippen MR) is 45.5 cm³/mol. The van der Waals surface area contributed by atoms with Crippen LogP contribution >= 0.6 is 15.9 Å². The predicted octanol–water partition coefficient (Wildman–Crippen LogP) is 1.87.